The molecule has 2 aromatic heterocycles. The van der Waals surface area contributed by atoms with Crippen molar-refractivity contribution < 1.29 is 18.0 Å². The van der Waals surface area contributed by atoms with Crippen molar-refractivity contribution in [2.24, 2.45) is 7.05 Å². The largest absolute Gasteiger partial charge is 0.433 e. The lowest BCUT2D eigenvalue weighted by Gasteiger charge is -2.22. The number of nitrogens with zero attached hydrogens (tertiary/aromatic N) is 6. The van der Waals surface area contributed by atoms with Gasteiger partial charge in [0.15, 0.2) is 0 Å². The summed E-state index contributed by atoms with van der Waals surface area (Å²) in [5.41, 5.74) is -0.492. The second-order valence-corrected chi connectivity index (χ2v) is 5.76. The fourth-order valence-corrected chi connectivity index (χ4v) is 2.70. The molecule has 134 valence electrons. The minimum Gasteiger partial charge on any atom is -0.339 e. The summed E-state index contributed by atoms with van der Waals surface area (Å²) in [5.74, 6) is -0.114. The SMILES string of the molecule is Cn1cncc1C(=O)N1CCCN(c2nccc(C(F)(F)F)n2)CC1. The van der Waals surface area contributed by atoms with Crippen molar-refractivity contribution in [1.29, 1.82) is 0 Å². The number of aromatic nitrogens is 4. The van der Waals surface area contributed by atoms with Crippen LogP contribution in [0.15, 0.2) is 24.8 Å². The minimum absolute atomic E-state index is 0.0321. The topological polar surface area (TPSA) is 67.2 Å². The molecule has 2 aromatic rings. The first-order chi connectivity index (χ1) is 11.9. The average molecular weight is 354 g/mol. The molecule has 0 radical (unpaired) electrons. The number of anilines is 1. The van der Waals surface area contributed by atoms with Gasteiger partial charge in [0.05, 0.1) is 12.5 Å². The van der Waals surface area contributed by atoms with Gasteiger partial charge in [0, 0.05) is 39.4 Å². The molecule has 0 aromatic carbocycles. The third-order valence-corrected chi connectivity index (χ3v) is 4.04. The van der Waals surface area contributed by atoms with Gasteiger partial charge in [-0.3, -0.25) is 4.79 Å². The summed E-state index contributed by atoms with van der Waals surface area (Å²) in [6.45, 7) is 1.74. The fraction of sp³-hybridized carbons (Fsp3) is 0.467. The van der Waals surface area contributed by atoms with E-state index < -0.39 is 11.9 Å². The zero-order valence-electron chi connectivity index (χ0n) is 13.6. The third kappa shape index (κ3) is 3.72. The summed E-state index contributed by atoms with van der Waals surface area (Å²) in [6.07, 6.45) is 0.262. The van der Waals surface area contributed by atoms with Crippen LogP contribution in [-0.4, -0.2) is 56.5 Å². The van der Waals surface area contributed by atoms with Crippen molar-refractivity contribution in [3.05, 3.63) is 36.2 Å². The molecule has 0 N–H and O–H groups in total. The Balaban J connectivity index is 1.72. The van der Waals surface area contributed by atoms with Gasteiger partial charge in [-0.15, -0.1) is 0 Å². The molecule has 0 saturated carbocycles. The Morgan fingerprint density at radius 1 is 1.20 bits per heavy atom. The monoisotopic (exact) mass is 354 g/mol. The quantitative estimate of drug-likeness (QED) is 0.819. The van der Waals surface area contributed by atoms with Crippen LogP contribution in [0.2, 0.25) is 0 Å². The van der Waals surface area contributed by atoms with Crippen LogP contribution < -0.4 is 4.90 Å². The van der Waals surface area contributed by atoms with Crippen LogP contribution in [0.3, 0.4) is 0 Å². The van der Waals surface area contributed by atoms with Crippen molar-refractivity contribution in [3.63, 3.8) is 0 Å². The highest BCUT2D eigenvalue weighted by Crippen LogP contribution is 2.28. The van der Waals surface area contributed by atoms with Gasteiger partial charge < -0.3 is 14.4 Å². The summed E-state index contributed by atoms with van der Waals surface area (Å²) >= 11 is 0. The van der Waals surface area contributed by atoms with E-state index in [0.29, 0.717) is 38.3 Å². The van der Waals surface area contributed by atoms with E-state index in [4.69, 9.17) is 0 Å². The van der Waals surface area contributed by atoms with Gasteiger partial charge in [0.25, 0.3) is 5.91 Å². The zero-order valence-corrected chi connectivity index (χ0v) is 13.6. The maximum absolute atomic E-state index is 12.8. The van der Waals surface area contributed by atoms with Crippen LogP contribution in [0.5, 0.6) is 0 Å². The lowest BCUT2D eigenvalue weighted by Crippen LogP contribution is -2.36. The van der Waals surface area contributed by atoms with Gasteiger partial charge in [-0.25, -0.2) is 15.0 Å². The van der Waals surface area contributed by atoms with Crippen LogP contribution >= 0.6 is 0 Å². The van der Waals surface area contributed by atoms with Crippen molar-refractivity contribution >= 4 is 11.9 Å². The van der Waals surface area contributed by atoms with Crippen LogP contribution in [0.4, 0.5) is 19.1 Å². The Kier molecular flexibility index (Phi) is 4.60. The van der Waals surface area contributed by atoms with Crippen LogP contribution in [0, 0.1) is 0 Å². The molecule has 0 spiro atoms. The first-order valence-corrected chi connectivity index (χ1v) is 7.77. The van der Waals surface area contributed by atoms with Gasteiger partial charge >= 0.3 is 6.18 Å². The predicted octanol–water partition coefficient (Wildman–Crippen LogP) is 1.58. The van der Waals surface area contributed by atoms with Gasteiger partial charge in [0.2, 0.25) is 5.95 Å². The average Bonchev–Trinajstić information content (AvgIpc) is 2.85. The normalized spacial score (nSPS) is 16.0. The molecular weight excluding hydrogens is 337 g/mol. The second kappa shape index (κ2) is 6.69. The van der Waals surface area contributed by atoms with E-state index in [0.717, 1.165) is 12.3 Å². The first-order valence-electron chi connectivity index (χ1n) is 7.77. The third-order valence-electron chi connectivity index (χ3n) is 4.04. The summed E-state index contributed by atoms with van der Waals surface area (Å²) in [7, 11) is 1.74. The molecule has 0 bridgehead atoms. The molecular formula is C15H17F3N6O. The number of imidazole rings is 1. The van der Waals surface area contributed by atoms with E-state index in [2.05, 4.69) is 15.0 Å². The molecule has 1 amide bonds. The van der Waals surface area contributed by atoms with E-state index in [1.54, 1.807) is 27.7 Å². The predicted molar refractivity (Wildman–Crippen MR) is 83.0 cm³/mol. The number of aryl methyl sites for hydroxylation is 1. The highest BCUT2D eigenvalue weighted by Gasteiger charge is 2.33. The number of alkyl halides is 3. The Hall–Kier alpha value is -2.65. The Morgan fingerprint density at radius 2 is 2.00 bits per heavy atom. The Bertz CT molecular complexity index is 760. The number of hydrogen-bond acceptors (Lipinski definition) is 5. The smallest absolute Gasteiger partial charge is 0.339 e. The molecule has 1 fully saturated rings. The van der Waals surface area contributed by atoms with Crippen LogP contribution in [-0.2, 0) is 13.2 Å². The van der Waals surface area contributed by atoms with E-state index in [9.17, 15) is 18.0 Å². The van der Waals surface area contributed by atoms with E-state index in [1.165, 1.54) is 6.20 Å². The van der Waals surface area contributed by atoms with Crippen molar-refractivity contribution in [2.75, 3.05) is 31.1 Å². The molecule has 3 rings (SSSR count). The Morgan fingerprint density at radius 3 is 2.68 bits per heavy atom. The lowest BCUT2D eigenvalue weighted by atomic mass is 10.3. The molecule has 10 heteroatoms. The number of amides is 1. The van der Waals surface area contributed by atoms with Gasteiger partial charge in [-0.2, -0.15) is 13.2 Å². The van der Waals surface area contributed by atoms with Crippen molar-refractivity contribution in [2.45, 2.75) is 12.6 Å². The van der Waals surface area contributed by atoms with Crippen LogP contribution in [0.25, 0.3) is 0 Å². The molecule has 1 aliphatic heterocycles. The maximum atomic E-state index is 12.8. The number of halogens is 3. The molecule has 25 heavy (non-hydrogen) atoms. The van der Waals surface area contributed by atoms with Gasteiger partial charge in [0.1, 0.15) is 11.4 Å². The molecule has 0 atom stereocenters. The van der Waals surface area contributed by atoms with Crippen molar-refractivity contribution in [1.82, 2.24) is 24.4 Å². The number of rotatable bonds is 2. The summed E-state index contributed by atoms with van der Waals surface area (Å²) < 4.78 is 40.1. The van der Waals surface area contributed by atoms with Gasteiger partial charge in [-0.1, -0.05) is 0 Å². The number of carbonyl (C=O) groups is 1. The number of hydrogen-bond donors (Lipinski definition) is 0. The highest BCUT2D eigenvalue weighted by atomic mass is 19.4. The van der Waals surface area contributed by atoms with Gasteiger partial charge in [-0.05, 0) is 12.5 Å². The van der Waals surface area contributed by atoms with E-state index >= 15 is 0 Å². The lowest BCUT2D eigenvalue weighted by molar-refractivity contribution is -0.141. The van der Waals surface area contributed by atoms with Crippen molar-refractivity contribution in [3.8, 4) is 0 Å². The number of carbonyl (C=O) groups excluding carboxylic acids is 1. The molecule has 0 unspecified atom stereocenters. The summed E-state index contributed by atoms with van der Waals surface area (Å²) in [5, 5.41) is 0. The molecule has 7 nitrogen and oxygen atoms in total. The molecule has 1 saturated heterocycles. The molecule has 0 aliphatic carbocycles. The minimum atomic E-state index is -4.51. The summed E-state index contributed by atoms with van der Waals surface area (Å²) in [4.78, 5) is 27.4. The first kappa shape index (κ1) is 17.2. The fourth-order valence-electron chi connectivity index (χ4n) is 2.70. The standard InChI is InChI=1S/C15H17F3N6O/c1-22-10-19-9-11(22)13(25)23-5-2-6-24(8-7-23)14-20-4-3-12(21-14)15(16,17)18/h3-4,9-10H,2,5-8H2,1H3. The van der Waals surface area contributed by atoms with Crippen LogP contribution in [0.1, 0.15) is 22.6 Å². The van der Waals surface area contributed by atoms with E-state index in [1.807, 2.05) is 0 Å². The second-order valence-electron chi connectivity index (χ2n) is 5.76. The highest BCUT2D eigenvalue weighted by molar-refractivity contribution is 5.92. The summed E-state index contributed by atoms with van der Waals surface area (Å²) in [6, 6.07) is 0.847. The zero-order chi connectivity index (χ0) is 18.0. The molecule has 1 aliphatic rings. The molecule has 3 heterocycles. The maximum Gasteiger partial charge on any atom is 0.433 e. The Labute approximate surface area is 142 Å². The van der Waals surface area contributed by atoms with E-state index in [-0.39, 0.29) is 11.9 Å².